The predicted molar refractivity (Wildman–Crippen MR) is 84.5 cm³/mol. The number of rotatable bonds is 2. The van der Waals surface area contributed by atoms with Crippen LogP contribution in [0.25, 0.3) is 11.1 Å². The van der Waals surface area contributed by atoms with Crippen LogP contribution in [0.3, 0.4) is 0 Å². The molecule has 1 aromatic heterocycles. The number of nitrogen functional groups attached to an aromatic ring is 1. The van der Waals surface area contributed by atoms with Gasteiger partial charge in [0, 0.05) is 15.5 Å². The van der Waals surface area contributed by atoms with E-state index >= 15 is 0 Å². The molecule has 1 aliphatic rings. The summed E-state index contributed by atoms with van der Waals surface area (Å²) in [6, 6.07) is 8.09. The Labute approximate surface area is 127 Å². The van der Waals surface area contributed by atoms with Gasteiger partial charge >= 0.3 is 0 Å². The number of anilines is 1. The monoisotopic (exact) mass is 334 g/mol. The molecule has 0 amide bonds. The van der Waals surface area contributed by atoms with Gasteiger partial charge in [0.1, 0.15) is 0 Å². The van der Waals surface area contributed by atoms with Crippen LogP contribution in [0.4, 0.5) is 5.82 Å². The van der Waals surface area contributed by atoms with Crippen LogP contribution in [0.2, 0.25) is 0 Å². The van der Waals surface area contributed by atoms with Gasteiger partial charge in [-0.05, 0) is 18.9 Å². The Morgan fingerprint density at radius 3 is 2.60 bits per heavy atom. The highest BCUT2D eigenvalue weighted by Crippen LogP contribution is 2.46. The van der Waals surface area contributed by atoms with Crippen LogP contribution in [-0.4, -0.2) is 5.16 Å². The first-order valence-electron chi connectivity index (χ1n) is 7.12. The van der Waals surface area contributed by atoms with Gasteiger partial charge in [0.25, 0.3) is 0 Å². The Morgan fingerprint density at radius 2 is 1.90 bits per heavy atom. The van der Waals surface area contributed by atoms with Gasteiger partial charge < -0.3 is 10.3 Å². The number of halogens is 1. The Hall–Kier alpha value is -1.29. The minimum atomic E-state index is 0.0491. The fraction of sp³-hybridized carbons (Fsp3) is 0.438. The average molecular weight is 335 g/mol. The quantitative estimate of drug-likeness (QED) is 0.848. The summed E-state index contributed by atoms with van der Waals surface area (Å²) in [6.07, 6.45) is 6.07. The molecule has 0 radical (unpaired) electrons. The lowest BCUT2D eigenvalue weighted by atomic mass is 9.72. The fourth-order valence-corrected chi connectivity index (χ4v) is 3.68. The largest absolute Gasteiger partial charge is 0.380 e. The molecular formula is C16H19BrN2O. The highest BCUT2D eigenvalue weighted by Gasteiger charge is 2.36. The number of benzene rings is 1. The molecule has 2 aromatic rings. The zero-order valence-electron chi connectivity index (χ0n) is 11.7. The van der Waals surface area contributed by atoms with Crippen molar-refractivity contribution >= 4 is 21.7 Å². The van der Waals surface area contributed by atoms with Crippen LogP contribution in [0, 0.1) is 0 Å². The lowest BCUT2D eigenvalue weighted by Crippen LogP contribution is -2.25. The number of aromatic nitrogens is 1. The molecule has 0 atom stereocenters. The van der Waals surface area contributed by atoms with Crippen molar-refractivity contribution in [1.29, 1.82) is 0 Å². The fourth-order valence-electron chi connectivity index (χ4n) is 3.20. The summed E-state index contributed by atoms with van der Waals surface area (Å²) < 4.78 is 6.68. The summed E-state index contributed by atoms with van der Waals surface area (Å²) in [7, 11) is 0. The molecule has 1 heterocycles. The van der Waals surface area contributed by atoms with E-state index in [0.29, 0.717) is 5.82 Å². The topological polar surface area (TPSA) is 52.0 Å². The first kappa shape index (κ1) is 13.7. The number of hydrogen-bond donors (Lipinski definition) is 1. The lowest BCUT2D eigenvalue weighted by molar-refractivity contribution is 0.242. The third kappa shape index (κ3) is 2.26. The van der Waals surface area contributed by atoms with Gasteiger partial charge in [0.05, 0.1) is 5.56 Å². The van der Waals surface area contributed by atoms with Crippen molar-refractivity contribution in [2.24, 2.45) is 0 Å². The number of hydrogen-bond acceptors (Lipinski definition) is 3. The first-order valence-corrected chi connectivity index (χ1v) is 7.92. The minimum Gasteiger partial charge on any atom is -0.380 e. The Balaban J connectivity index is 2.13. The standard InChI is InChI=1S/C16H19BrN2O/c1-16(9-5-2-6-10-16)14-13(15(18)19-20-14)11-7-3-4-8-12(11)17/h3-4,7-8H,2,5-6,9-10H2,1H3,(H2,18,19). The van der Waals surface area contributed by atoms with Crippen LogP contribution in [-0.2, 0) is 5.41 Å². The van der Waals surface area contributed by atoms with Crippen molar-refractivity contribution in [2.75, 3.05) is 5.73 Å². The molecule has 106 valence electrons. The molecule has 1 saturated carbocycles. The Morgan fingerprint density at radius 1 is 1.20 bits per heavy atom. The van der Waals surface area contributed by atoms with E-state index in [1.54, 1.807) is 0 Å². The van der Waals surface area contributed by atoms with E-state index < -0.39 is 0 Å². The van der Waals surface area contributed by atoms with E-state index in [0.717, 1.165) is 34.2 Å². The van der Waals surface area contributed by atoms with Crippen LogP contribution < -0.4 is 5.73 Å². The van der Waals surface area contributed by atoms with Crippen LogP contribution >= 0.6 is 15.9 Å². The molecule has 0 unspecified atom stereocenters. The first-order chi connectivity index (χ1) is 9.62. The number of nitrogens with zero attached hydrogens (tertiary/aromatic N) is 1. The summed E-state index contributed by atoms with van der Waals surface area (Å²) in [5.74, 6) is 1.43. The molecule has 0 saturated heterocycles. The Kier molecular flexibility index (Phi) is 3.59. The van der Waals surface area contributed by atoms with Gasteiger partial charge in [-0.1, -0.05) is 65.5 Å². The molecule has 0 bridgehead atoms. The second-order valence-corrected chi connectivity index (χ2v) is 6.73. The molecule has 4 heteroatoms. The third-order valence-corrected chi connectivity index (χ3v) is 5.06. The van der Waals surface area contributed by atoms with Crippen molar-refractivity contribution in [3.8, 4) is 11.1 Å². The lowest BCUT2D eigenvalue weighted by Gasteiger charge is -2.31. The highest BCUT2D eigenvalue weighted by atomic mass is 79.9. The van der Waals surface area contributed by atoms with E-state index in [2.05, 4.69) is 34.1 Å². The molecule has 3 rings (SSSR count). The normalized spacial score (nSPS) is 18.1. The molecule has 0 spiro atoms. The summed E-state index contributed by atoms with van der Waals surface area (Å²) in [5.41, 5.74) is 8.15. The van der Waals surface area contributed by atoms with Gasteiger partial charge in [0.15, 0.2) is 11.6 Å². The molecule has 3 nitrogen and oxygen atoms in total. The summed E-state index contributed by atoms with van der Waals surface area (Å²) in [4.78, 5) is 0. The minimum absolute atomic E-state index is 0.0491. The van der Waals surface area contributed by atoms with Crippen molar-refractivity contribution in [3.05, 3.63) is 34.5 Å². The number of nitrogens with two attached hydrogens (primary N) is 1. The molecule has 0 aliphatic heterocycles. The SMILES string of the molecule is CC1(c2onc(N)c2-c2ccccc2Br)CCCCC1. The van der Waals surface area contributed by atoms with E-state index in [-0.39, 0.29) is 5.41 Å². The van der Waals surface area contributed by atoms with Crippen molar-refractivity contribution in [3.63, 3.8) is 0 Å². The van der Waals surface area contributed by atoms with Gasteiger partial charge in [0.2, 0.25) is 0 Å². The van der Waals surface area contributed by atoms with Gasteiger partial charge in [-0.3, -0.25) is 0 Å². The summed E-state index contributed by atoms with van der Waals surface area (Å²) >= 11 is 3.60. The molecule has 2 N–H and O–H groups in total. The summed E-state index contributed by atoms with van der Waals surface area (Å²) in [6.45, 7) is 2.27. The second kappa shape index (κ2) is 5.24. The van der Waals surface area contributed by atoms with Crippen molar-refractivity contribution in [1.82, 2.24) is 5.16 Å². The maximum Gasteiger partial charge on any atom is 0.175 e. The maximum atomic E-state index is 6.08. The summed E-state index contributed by atoms with van der Waals surface area (Å²) in [5, 5.41) is 4.04. The molecule has 1 aromatic carbocycles. The maximum absolute atomic E-state index is 6.08. The smallest absolute Gasteiger partial charge is 0.175 e. The zero-order valence-corrected chi connectivity index (χ0v) is 13.2. The predicted octanol–water partition coefficient (Wildman–Crippen LogP) is 4.91. The van der Waals surface area contributed by atoms with Crippen LogP contribution in [0.15, 0.2) is 33.3 Å². The average Bonchev–Trinajstić information content (AvgIpc) is 2.83. The van der Waals surface area contributed by atoms with Crippen molar-refractivity contribution in [2.45, 2.75) is 44.4 Å². The van der Waals surface area contributed by atoms with Crippen LogP contribution in [0.5, 0.6) is 0 Å². The zero-order chi connectivity index (χ0) is 14.2. The van der Waals surface area contributed by atoms with Crippen molar-refractivity contribution < 1.29 is 4.52 Å². The van der Waals surface area contributed by atoms with Crippen LogP contribution in [0.1, 0.15) is 44.8 Å². The van der Waals surface area contributed by atoms with Gasteiger partial charge in [-0.25, -0.2) is 0 Å². The van der Waals surface area contributed by atoms with Gasteiger partial charge in [-0.2, -0.15) is 0 Å². The van der Waals surface area contributed by atoms with E-state index in [1.165, 1.54) is 19.3 Å². The third-order valence-electron chi connectivity index (χ3n) is 4.37. The van der Waals surface area contributed by atoms with E-state index in [9.17, 15) is 0 Å². The molecule has 20 heavy (non-hydrogen) atoms. The molecular weight excluding hydrogens is 316 g/mol. The molecule has 1 fully saturated rings. The highest BCUT2D eigenvalue weighted by molar-refractivity contribution is 9.10. The molecule has 1 aliphatic carbocycles. The second-order valence-electron chi connectivity index (χ2n) is 5.87. The van der Waals surface area contributed by atoms with Gasteiger partial charge in [-0.15, -0.1) is 0 Å². The van der Waals surface area contributed by atoms with E-state index in [1.807, 2.05) is 18.2 Å². The Bertz CT molecular complexity index is 615. The van der Waals surface area contributed by atoms with E-state index in [4.69, 9.17) is 10.3 Å².